The van der Waals surface area contributed by atoms with E-state index in [1.165, 1.54) is 13.2 Å². The van der Waals surface area contributed by atoms with Crippen LogP contribution in [-0.4, -0.2) is 61.6 Å². The van der Waals surface area contributed by atoms with Crippen molar-refractivity contribution in [2.75, 3.05) is 25.6 Å². The van der Waals surface area contributed by atoms with E-state index in [-0.39, 0.29) is 78.5 Å². The van der Waals surface area contributed by atoms with Gasteiger partial charge in [0.15, 0.2) is 12.4 Å². The number of pyridine rings is 1. The van der Waals surface area contributed by atoms with Crippen molar-refractivity contribution >= 4 is 52.4 Å². The predicted octanol–water partition coefficient (Wildman–Crippen LogP) is 5.84. The minimum absolute atomic E-state index is 0.0995. The Morgan fingerprint density at radius 1 is 1.14 bits per heavy atom. The molecule has 2 aliphatic rings. The fourth-order valence-electron chi connectivity index (χ4n) is 4.79. The van der Waals surface area contributed by atoms with Gasteiger partial charge in [0.25, 0.3) is 12.3 Å². The van der Waals surface area contributed by atoms with Crippen LogP contribution in [0.4, 0.5) is 33.5 Å². The number of amidine groups is 1. The number of halogens is 7. The van der Waals surface area contributed by atoms with E-state index in [9.17, 15) is 31.5 Å². The number of carbonyl (C=O) groups is 2. The monoisotopic (exact) mass is 651 g/mol. The Kier molecular flexibility index (Phi) is 10.7. The highest BCUT2D eigenvalue weighted by Gasteiger charge is 2.41. The third-order valence-corrected chi connectivity index (χ3v) is 7.70. The summed E-state index contributed by atoms with van der Waals surface area (Å²) >= 11 is 12.9. The Balaban J connectivity index is 1.50. The van der Waals surface area contributed by atoms with Gasteiger partial charge in [0.2, 0.25) is 11.8 Å². The zero-order valence-electron chi connectivity index (χ0n) is 22.8. The molecule has 1 aromatic heterocycles. The highest BCUT2D eigenvalue weighted by atomic mass is 35.5. The standard InChI is InChI=1S/C27H28Cl2F5N5O4/c1-42-12-21(40)35-10-13-2-7-18(28)23(22(13)29)37-20-9-14-8-17(26(39-24(14)38-20)43-11-19(30)31)25(41)36-16-5-3-15(4-6-16)27(32,33)34/h2,7-8,15-16,19H,3-6,9-12H2,1H3,(H,35,40)(H,36,41)(H,37,38,39). The SMILES string of the molecule is COCC(=O)NCc1ccc(Cl)c(NC2=Nc3nc(OCC(F)F)c(C(=O)NC4CCC(C(F)(F)F)CC4)cc3C2)c1Cl. The fourth-order valence-corrected chi connectivity index (χ4v) is 5.32. The maximum absolute atomic E-state index is 13.1. The van der Waals surface area contributed by atoms with Gasteiger partial charge >= 0.3 is 6.18 Å². The number of carbonyl (C=O) groups excluding carboxylic acids is 2. The summed E-state index contributed by atoms with van der Waals surface area (Å²) in [7, 11) is 1.39. The molecule has 1 fully saturated rings. The second-order valence-electron chi connectivity index (χ2n) is 10.1. The van der Waals surface area contributed by atoms with E-state index in [0.29, 0.717) is 22.6 Å². The van der Waals surface area contributed by atoms with Gasteiger partial charge in [-0.1, -0.05) is 29.3 Å². The maximum Gasteiger partial charge on any atom is 0.391 e. The first-order valence-electron chi connectivity index (χ1n) is 13.2. The van der Waals surface area contributed by atoms with Crippen molar-refractivity contribution in [2.45, 2.75) is 57.3 Å². The van der Waals surface area contributed by atoms with Crippen LogP contribution in [0.3, 0.4) is 0 Å². The number of nitrogens with zero attached hydrogens (tertiary/aromatic N) is 2. The first-order valence-corrected chi connectivity index (χ1v) is 14.0. The number of alkyl halides is 5. The Bertz CT molecular complexity index is 1380. The Labute approximate surface area is 253 Å². The number of rotatable bonds is 10. The van der Waals surface area contributed by atoms with Crippen molar-refractivity contribution in [2.24, 2.45) is 10.9 Å². The Morgan fingerprint density at radius 3 is 2.51 bits per heavy atom. The van der Waals surface area contributed by atoms with E-state index in [1.54, 1.807) is 12.1 Å². The van der Waals surface area contributed by atoms with Crippen molar-refractivity contribution < 1.29 is 41.0 Å². The predicted molar refractivity (Wildman–Crippen MR) is 150 cm³/mol. The van der Waals surface area contributed by atoms with Crippen LogP contribution in [0.25, 0.3) is 0 Å². The number of nitrogens with one attached hydrogen (secondary N) is 3. The average molecular weight is 652 g/mol. The summed E-state index contributed by atoms with van der Waals surface area (Å²) in [6, 6.07) is 4.10. The third-order valence-electron chi connectivity index (χ3n) is 6.95. The number of ether oxygens (including phenoxy) is 2. The molecule has 2 amide bonds. The number of fused-ring (bicyclic) bond motifs is 1. The molecule has 3 N–H and O–H groups in total. The van der Waals surface area contributed by atoms with Crippen molar-refractivity contribution in [1.82, 2.24) is 15.6 Å². The van der Waals surface area contributed by atoms with Crippen molar-refractivity contribution in [1.29, 1.82) is 0 Å². The summed E-state index contributed by atoms with van der Waals surface area (Å²) in [5.74, 6) is -2.41. The van der Waals surface area contributed by atoms with E-state index in [2.05, 4.69) is 25.9 Å². The molecule has 43 heavy (non-hydrogen) atoms. The minimum atomic E-state index is -4.29. The van der Waals surface area contributed by atoms with Crippen LogP contribution in [0.2, 0.25) is 10.0 Å². The van der Waals surface area contributed by atoms with Gasteiger partial charge in [0.05, 0.1) is 21.7 Å². The van der Waals surface area contributed by atoms with Gasteiger partial charge in [-0.25, -0.2) is 13.8 Å². The zero-order valence-corrected chi connectivity index (χ0v) is 24.3. The lowest BCUT2D eigenvalue weighted by molar-refractivity contribution is -0.182. The van der Waals surface area contributed by atoms with Crippen LogP contribution in [0.15, 0.2) is 23.2 Å². The van der Waals surface area contributed by atoms with E-state index < -0.39 is 37.1 Å². The lowest BCUT2D eigenvalue weighted by Crippen LogP contribution is -2.40. The molecule has 0 saturated heterocycles. The Hall–Kier alpha value is -3.23. The zero-order chi connectivity index (χ0) is 31.3. The first kappa shape index (κ1) is 32.7. The number of benzene rings is 1. The number of hydrogen-bond donors (Lipinski definition) is 3. The van der Waals surface area contributed by atoms with Crippen LogP contribution in [0.1, 0.15) is 47.2 Å². The van der Waals surface area contributed by atoms with E-state index in [0.717, 1.165) is 0 Å². The van der Waals surface area contributed by atoms with Crippen molar-refractivity contribution in [3.63, 3.8) is 0 Å². The smallest absolute Gasteiger partial charge is 0.391 e. The van der Waals surface area contributed by atoms with Crippen LogP contribution in [0, 0.1) is 5.92 Å². The second-order valence-corrected chi connectivity index (χ2v) is 10.8. The molecule has 0 bridgehead atoms. The molecule has 0 spiro atoms. The van der Waals surface area contributed by atoms with Crippen LogP contribution in [-0.2, 0) is 22.5 Å². The van der Waals surface area contributed by atoms with Gasteiger partial charge in [-0.05, 0) is 43.4 Å². The third kappa shape index (κ3) is 8.45. The van der Waals surface area contributed by atoms with Gasteiger partial charge in [-0.15, -0.1) is 0 Å². The highest BCUT2D eigenvalue weighted by molar-refractivity contribution is 6.40. The molecular formula is C27H28Cl2F5N5O4. The molecule has 4 rings (SSSR count). The topological polar surface area (TPSA) is 114 Å². The van der Waals surface area contributed by atoms with Crippen LogP contribution < -0.4 is 20.7 Å². The molecule has 16 heteroatoms. The molecule has 0 atom stereocenters. The molecule has 1 aliphatic carbocycles. The minimum Gasteiger partial charge on any atom is -0.471 e. The molecule has 9 nitrogen and oxygen atoms in total. The molecule has 0 unspecified atom stereocenters. The van der Waals surface area contributed by atoms with E-state index in [4.69, 9.17) is 32.7 Å². The summed E-state index contributed by atoms with van der Waals surface area (Å²) in [4.78, 5) is 33.5. The lowest BCUT2D eigenvalue weighted by atomic mass is 9.85. The van der Waals surface area contributed by atoms with Gasteiger partial charge in [0, 0.05) is 31.7 Å². The summed E-state index contributed by atoms with van der Waals surface area (Å²) in [6.07, 6.45) is -7.02. The number of anilines is 1. The maximum atomic E-state index is 13.1. The number of methoxy groups -OCH3 is 1. The average Bonchev–Trinajstić information content (AvgIpc) is 3.34. The number of aliphatic imine (C=N–C) groups is 1. The summed E-state index contributed by atoms with van der Waals surface area (Å²) in [5, 5.41) is 8.86. The van der Waals surface area contributed by atoms with Crippen molar-refractivity contribution in [3.05, 3.63) is 44.9 Å². The molecule has 1 aromatic carbocycles. The van der Waals surface area contributed by atoms with E-state index in [1.807, 2.05) is 0 Å². The van der Waals surface area contributed by atoms with Gasteiger partial charge in [-0.3, -0.25) is 9.59 Å². The second kappa shape index (κ2) is 14.0. The fraction of sp³-hybridized carbons (Fsp3) is 0.481. The molecule has 234 valence electrons. The molecule has 1 aliphatic heterocycles. The van der Waals surface area contributed by atoms with Gasteiger partial charge in [0.1, 0.15) is 18.0 Å². The van der Waals surface area contributed by atoms with Crippen LogP contribution in [0.5, 0.6) is 5.88 Å². The van der Waals surface area contributed by atoms with Crippen molar-refractivity contribution in [3.8, 4) is 5.88 Å². The molecule has 0 radical (unpaired) electrons. The number of aromatic nitrogens is 1. The summed E-state index contributed by atoms with van der Waals surface area (Å²) < 4.78 is 74.9. The van der Waals surface area contributed by atoms with Gasteiger partial charge < -0.3 is 25.4 Å². The quantitative estimate of drug-likeness (QED) is 0.278. The number of amides is 2. The highest BCUT2D eigenvalue weighted by Crippen LogP contribution is 2.38. The van der Waals surface area contributed by atoms with Gasteiger partial charge in [-0.2, -0.15) is 18.2 Å². The first-order chi connectivity index (χ1) is 20.3. The lowest BCUT2D eigenvalue weighted by Gasteiger charge is -2.30. The summed E-state index contributed by atoms with van der Waals surface area (Å²) in [5.41, 5.74) is 1.18. The normalized spacial score (nSPS) is 18.2. The summed E-state index contributed by atoms with van der Waals surface area (Å²) in [6.45, 7) is -1.06. The Morgan fingerprint density at radius 2 is 1.86 bits per heavy atom. The molecule has 2 aromatic rings. The number of hydrogen-bond acceptors (Lipinski definition) is 7. The van der Waals surface area contributed by atoms with E-state index >= 15 is 0 Å². The largest absolute Gasteiger partial charge is 0.471 e. The molecular weight excluding hydrogens is 624 g/mol. The molecule has 2 heterocycles. The molecule has 1 saturated carbocycles. The van der Waals surface area contributed by atoms with Crippen LogP contribution >= 0.6 is 23.2 Å².